The fourth-order valence-corrected chi connectivity index (χ4v) is 3.46. The van der Waals surface area contributed by atoms with Crippen LogP contribution in [0.5, 0.6) is 0 Å². The minimum absolute atomic E-state index is 0.288. The molecule has 20 heavy (non-hydrogen) atoms. The molecule has 0 aromatic heterocycles. The van der Waals surface area contributed by atoms with Gasteiger partial charge in [0.05, 0.1) is 17.3 Å². The van der Waals surface area contributed by atoms with Crippen LogP contribution in [0.4, 0.5) is 5.69 Å². The molecule has 0 bridgehead atoms. The molecule has 0 radical (unpaired) electrons. The molecule has 1 aliphatic carbocycles. The summed E-state index contributed by atoms with van der Waals surface area (Å²) in [5.74, 6) is 0. The third-order valence-electron chi connectivity index (χ3n) is 3.93. The first-order valence-electron chi connectivity index (χ1n) is 6.74. The number of rotatable bonds is 2. The van der Waals surface area contributed by atoms with Crippen LogP contribution in [0.2, 0.25) is 0 Å². The van der Waals surface area contributed by atoms with Crippen molar-refractivity contribution in [2.45, 2.75) is 25.8 Å². The highest BCUT2D eigenvalue weighted by Crippen LogP contribution is 2.38. The van der Waals surface area contributed by atoms with E-state index in [4.69, 9.17) is 0 Å². The topological polar surface area (TPSA) is 35.8 Å². The normalized spacial score (nSPS) is 16.6. The molecule has 0 heterocycles. The number of hydrogen-bond donors (Lipinski definition) is 1. The predicted molar refractivity (Wildman–Crippen MR) is 84.7 cm³/mol. The third kappa shape index (κ3) is 2.21. The number of nitrogens with zero attached hydrogens (tertiary/aromatic N) is 1. The smallest absolute Gasteiger partial charge is 0.102 e. The van der Waals surface area contributed by atoms with Crippen LogP contribution in [-0.4, -0.2) is 0 Å². The second-order valence-electron chi connectivity index (χ2n) is 5.15. The average molecular weight is 327 g/mol. The Morgan fingerprint density at radius 1 is 1.25 bits per heavy atom. The molecule has 3 heteroatoms. The van der Waals surface area contributed by atoms with Crippen LogP contribution < -0.4 is 5.32 Å². The number of nitriles is 1. The monoisotopic (exact) mass is 326 g/mol. The quantitative estimate of drug-likeness (QED) is 0.866. The Hall–Kier alpha value is -1.79. The molecule has 2 aromatic carbocycles. The van der Waals surface area contributed by atoms with Gasteiger partial charge in [0, 0.05) is 4.47 Å². The molecule has 0 saturated carbocycles. The van der Waals surface area contributed by atoms with Gasteiger partial charge in [-0.3, -0.25) is 0 Å². The molecule has 2 nitrogen and oxygen atoms in total. The van der Waals surface area contributed by atoms with E-state index in [0.29, 0.717) is 0 Å². The average Bonchev–Trinajstić information content (AvgIpc) is 2.84. The molecule has 1 aliphatic rings. The molecule has 0 aliphatic heterocycles. The van der Waals surface area contributed by atoms with Gasteiger partial charge in [-0.05, 0) is 48.6 Å². The predicted octanol–water partition coefficient (Wildman–Crippen LogP) is 4.73. The summed E-state index contributed by atoms with van der Waals surface area (Å²) in [4.78, 5) is 0. The van der Waals surface area contributed by atoms with Gasteiger partial charge < -0.3 is 5.32 Å². The summed E-state index contributed by atoms with van der Waals surface area (Å²) in [6, 6.07) is 14.9. The molecular formula is C17H15BrN2. The minimum atomic E-state index is 0.288. The molecule has 0 saturated heterocycles. The molecule has 100 valence electrons. The fraction of sp³-hybridized carbons (Fsp3) is 0.235. The molecule has 0 spiro atoms. The van der Waals surface area contributed by atoms with Crippen molar-refractivity contribution >= 4 is 21.6 Å². The van der Waals surface area contributed by atoms with Gasteiger partial charge in [-0.2, -0.15) is 5.26 Å². The zero-order valence-electron chi connectivity index (χ0n) is 11.3. The highest BCUT2D eigenvalue weighted by molar-refractivity contribution is 9.10. The van der Waals surface area contributed by atoms with Crippen molar-refractivity contribution in [2.75, 3.05) is 5.32 Å². The van der Waals surface area contributed by atoms with Crippen LogP contribution in [0.15, 0.2) is 40.9 Å². The van der Waals surface area contributed by atoms with Gasteiger partial charge in [-0.1, -0.05) is 40.2 Å². The molecule has 2 aromatic rings. The van der Waals surface area contributed by atoms with Gasteiger partial charge in [0.15, 0.2) is 0 Å². The summed E-state index contributed by atoms with van der Waals surface area (Å²) < 4.78 is 1.18. The van der Waals surface area contributed by atoms with E-state index < -0.39 is 0 Å². The lowest BCUT2D eigenvalue weighted by Gasteiger charge is -2.17. The lowest BCUT2D eigenvalue weighted by atomic mass is 10.0. The zero-order valence-corrected chi connectivity index (χ0v) is 12.9. The summed E-state index contributed by atoms with van der Waals surface area (Å²) in [5, 5.41) is 12.9. The number of benzene rings is 2. The first-order valence-corrected chi connectivity index (χ1v) is 7.53. The SMILES string of the molecule is Cc1cccc(NC2CCc3c(Br)cccc32)c1C#N. The van der Waals surface area contributed by atoms with Gasteiger partial charge >= 0.3 is 0 Å². The highest BCUT2D eigenvalue weighted by Gasteiger charge is 2.24. The van der Waals surface area contributed by atoms with Gasteiger partial charge in [0.1, 0.15) is 6.07 Å². The first kappa shape index (κ1) is 13.2. The molecule has 1 N–H and O–H groups in total. The van der Waals surface area contributed by atoms with Crippen molar-refractivity contribution in [3.8, 4) is 6.07 Å². The third-order valence-corrected chi connectivity index (χ3v) is 4.67. The Kier molecular flexibility index (Phi) is 3.50. The second-order valence-corrected chi connectivity index (χ2v) is 6.01. The maximum absolute atomic E-state index is 9.32. The fourth-order valence-electron chi connectivity index (χ4n) is 2.88. The molecular weight excluding hydrogens is 312 g/mol. The number of aryl methyl sites for hydroxylation is 1. The Bertz CT molecular complexity index is 701. The molecule has 0 fully saturated rings. The maximum Gasteiger partial charge on any atom is 0.102 e. The summed E-state index contributed by atoms with van der Waals surface area (Å²) in [6.45, 7) is 1.98. The summed E-state index contributed by atoms with van der Waals surface area (Å²) in [7, 11) is 0. The Balaban J connectivity index is 1.94. The Morgan fingerprint density at radius 2 is 2.05 bits per heavy atom. The Morgan fingerprint density at radius 3 is 2.85 bits per heavy atom. The van der Waals surface area contributed by atoms with Crippen molar-refractivity contribution in [1.29, 1.82) is 5.26 Å². The van der Waals surface area contributed by atoms with Crippen LogP contribution >= 0.6 is 15.9 Å². The molecule has 3 rings (SSSR count). The summed E-state index contributed by atoms with van der Waals surface area (Å²) in [6.07, 6.45) is 2.14. The van der Waals surface area contributed by atoms with E-state index in [9.17, 15) is 5.26 Å². The van der Waals surface area contributed by atoms with E-state index in [2.05, 4.69) is 45.5 Å². The van der Waals surface area contributed by atoms with Crippen LogP contribution in [0.25, 0.3) is 0 Å². The van der Waals surface area contributed by atoms with Crippen molar-refractivity contribution in [3.63, 3.8) is 0 Å². The number of nitrogens with one attached hydrogen (secondary N) is 1. The summed E-state index contributed by atoms with van der Waals surface area (Å²) >= 11 is 3.62. The zero-order chi connectivity index (χ0) is 14.1. The lowest BCUT2D eigenvalue weighted by Crippen LogP contribution is -2.08. The van der Waals surface area contributed by atoms with Crippen LogP contribution in [0.3, 0.4) is 0 Å². The Labute approximate surface area is 127 Å². The standard InChI is InChI=1S/C17H15BrN2/c1-11-4-2-7-16(14(11)10-19)20-17-9-8-12-13(17)5-3-6-15(12)18/h2-7,17,20H,8-9H2,1H3. The molecule has 1 unspecified atom stereocenters. The van der Waals surface area contributed by atoms with E-state index in [1.165, 1.54) is 15.6 Å². The van der Waals surface area contributed by atoms with E-state index in [1.54, 1.807) is 0 Å². The van der Waals surface area contributed by atoms with Crippen molar-refractivity contribution < 1.29 is 0 Å². The van der Waals surface area contributed by atoms with Crippen LogP contribution in [-0.2, 0) is 6.42 Å². The lowest BCUT2D eigenvalue weighted by molar-refractivity contribution is 0.761. The van der Waals surface area contributed by atoms with Crippen molar-refractivity contribution in [3.05, 3.63) is 63.1 Å². The molecule has 1 atom stereocenters. The maximum atomic E-state index is 9.32. The van der Waals surface area contributed by atoms with Gasteiger partial charge in [-0.15, -0.1) is 0 Å². The van der Waals surface area contributed by atoms with E-state index in [0.717, 1.165) is 29.7 Å². The van der Waals surface area contributed by atoms with Crippen molar-refractivity contribution in [1.82, 2.24) is 0 Å². The first-order chi connectivity index (χ1) is 9.70. The second kappa shape index (κ2) is 5.30. The van der Waals surface area contributed by atoms with Gasteiger partial charge in [0.25, 0.3) is 0 Å². The van der Waals surface area contributed by atoms with Gasteiger partial charge in [-0.25, -0.2) is 0 Å². The number of anilines is 1. The van der Waals surface area contributed by atoms with E-state index in [-0.39, 0.29) is 6.04 Å². The minimum Gasteiger partial charge on any atom is -0.377 e. The molecule has 0 amide bonds. The van der Waals surface area contributed by atoms with Crippen LogP contribution in [0, 0.1) is 18.3 Å². The summed E-state index contributed by atoms with van der Waals surface area (Å²) in [5.41, 5.74) is 5.42. The van der Waals surface area contributed by atoms with E-state index >= 15 is 0 Å². The number of halogens is 1. The van der Waals surface area contributed by atoms with Crippen LogP contribution in [0.1, 0.15) is 34.7 Å². The highest BCUT2D eigenvalue weighted by atomic mass is 79.9. The van der Waals surface area contributed by atoms with E-state index in [1.807, 2.05) is 25.1 Å². The number of fused-ring (bicyclic) bond motifs is 1. The number of hydrogen-bond acceptors (Lipinski definition) is 2. The van der Waals surface area contributed by atoms with Crippen molar-refractivity contribution in [2.24, 2.45) is 0 Å². The largest absolute Gasteiger partial charge is 0.377 e. The van der Waals surface area contributed by atoms with Gasteiger partial charge in [0.2, 0.25) is 0 Å².